The van der Waals surface area contributed by atoms with Crippen molar-refractivity contribution in [1.82, 2.24) is 4.98 Å². The Bertz CT molecular complexity index is 855. The van der Waals surface area contributed by atoms with Crippen LogP contribution in [0.4, 0.5) is 0 Å². The van der Waals surface area contributed by atoms with Gasteiger partial charge >= 0.3 is 5.97 Å². The number of hydrogen-bond acceptors (Lipinski definition) is 4. The lowest BCUT2D eigenvalue weighted by Gasteiger charge is -2.02. The van der Waals surface area contributed by atoms with E-state index in [4.69, 9.17) is 27.9 Å². The Morgan fingerprint density at radius 3 is 2.42 bits per heavy atom. The molecular weight excluding hydrogens is 365 g/mol. The first-order valence-corrected chi connectivity index (χ1v) is 8.77. The molecular formula is C18H13Cl2NO2S. The molecule has 3 rings (SSSR count). The SMILES string of the molecule is COC(=O)c1ccc(Cc2nc(-c3cc(Cl)cc(Cl)c3)cs2)cc1. The molecule has 0 aliphatic carbocycles. The molecule has 0 aliphatic heterocycles. The largest absolute Gasteiger partial charge is 0.465 e. The van der Waals surface area contributed by atoms with E-state index in [1.165, 1.54) is 7.11 Å². The monoisotopic (exact) mass is 377 g/mol. The molecule has 3 nitrogen and oxygen atoms in total. The number of esters is 1. The van der Waals surface area contributed by atoms with Crippen molar-refractivity contribution in [3.05, 3.63) is 74.0 Å². The molecule has 6 heteroatoms. The number of ether oxygens (including phenoxy) is 1. The number of thiazole rings is 1. The molecule has 122 valence electrons. The molecule has 1 aromatic heterocycles. The van der Waals surface area contributed by atoms with Crippen molar-refractivity contribution >= 4 is 40.5 Å². The van der Waals surface area contributed by atoms with E-state index < -0.39 is 0 Å². The highest BCUT2D eigenvalue weighted by molar-refractivity contribution is 7.10. The summed E-state index contributed by atoms with van der Waals surface area (Å²) in [5, 5.41) is 4.14. The second-order valence-electron chi connectivity index (χ2n) is 5.15. The molecule has 0 unspecified atom stereocenters. The molecule has 0 N–H and O–H groups in total. The van der Waals surface area contributed by atoms with E-state index in [1.54, 1.807) is 29.5 Å². The van der Waals surface area contributed by atoms with Crippen molar-refractivity contribution in [2.75, 3.05) is 7.11 Å². The Kier molecular flexibility index (Phi) is 5.19. The number of aromatic nitrogens is 1. The van der Waals surface area contributed by atoms with E-state index >= 15 is 0 Å². The number of rotatable bonds is 4. The maximum absolute atomic E-state index is 11.4. The highest BCUT2D eigenvalue weighted by atomic mass is 35.5. The fraction of sp³-hybridized carbons (Fsp3) is 0.111. The van der Waals surface area contributed by atoms with Gasteiger partial charge in [0, 0.05) is 27.4 Å². The van der Waals surface area contributed by atoms with Crippen LogP contribution in [0.1, 0.15) is 20.9 Å². The van der Waals surface area contributed by atoms with Gasteiger partial charge in [0.25, 0.3) is 0 Å². The Hall–Kier alpha value is -1.88. The summed E-state index contributed by atoms with van der Waals surface area (Å²) < 4.78 is 4.70. The van der Waals surface area contributed by atoms with Crippen molar-refractivity contribution in [3.63, 3.8) is 0 Å². The van der Waals surface area contributed by atoms with Gasteiger partial charge in [0.05, 0.1) is 23.4 Å². The lowest BCUT2D eigenvalue weighted by atomic mass is 10.1. The molecule has 0 spiro atoms. The second kappa shape index (κ2) is 7.34. The van der Waals surface area contributed by atoms with E-state index in [9.17, 15) is 4.79 Å². The first-order chi connectivity index (χ1) is 11.5. The summed E-state index contributed by atoms with van der Waals surface area (Å²) in [6.07, 6.45) is 0.695. The highest BCUT2D eigenvalue weighted by Crippen LogP contribution is 2.28. The van der Waals surface area contributed by atoms with Crippen LogP contribution >= 0.6 is 34.5 Å². The number of hydrogen-bond donors (Lipinski definition) is 0. The lowest BCUT2D eigenvalue weighted by Crippen LogP contribution is -2.00. The van der Waals surface area contributed by atoms with Gasteiger partial charge in [0.2, 0.25) is 0 Å². The van der Waals surface area contributed by atoms with Crippen molar-refractivity contribution in [2.24, 2.45) is 0 Å². The van der Waals surface area contributed by atoms with Crippen LogP contribution in [0.2, 0.25) is 10.0 Å². The molecule has 0 aliphatic rings. The first-order valence-electron chi connectivity index (χ1n) is 7.13. The molecule has 1 heterocycles. The van der Waals surface area contributed by atoms with Crippen molar-refractivity contribution in [3.8, 4) is 11.3 Å². The predicted molar refractivity (Wildman–Crippen MR) is 98.2 cm³/mol. The fourth-order valence-electron chi connectivity index (χ4n) is 2.28. The number of benzene rings is 2. The van der Waals surface area contributed by atoms with Gasteiger partial charge in [0.15, 0.2) is 0 Å². The molecule has 0 saturated heterocycles. The number of carbonyl (C=O) groups excluding carboxylic acids is 1. The van der Waals surface area contributed by atoms with Gasteiger partial charge in [-0.15, -0.1) is 11.3 Å². The van der Waals surface area contributed by atoms with Gasteiger partial charge in [-0.1, -0.05) is 35.3 Å². The fourth-order valence-corrected chi connectivity index (χ4v) is 3.64. The van der Waals surface area contributed by atoms with E-state index in [0.29, 0.717) is 22.0 Å². The molecule has 3 aromatic rings. The molecule has 0 bridgehead atoms. The van der Waals surface area contributed by atoms with Crippen LogP contribution in [-0.4, -0.2) is 18.1 Å². The van der Waals surface area contributed by atoms with Crippen molar-refractivity contribution in [1.29, 1.82) is 0 Å². The van der Waals surface area contributed by atoms with E-state index in [2.05, 4.69) is 4.98 Å². The van der Waals surface area contributed by atoms with Crippen LogP contribution in [0, 0.1) is 0 Å². The predicted octanol–water partition coefficient (Wildman–Crippen LogP) is 5.49. The van der Waals surface area contributed by atoms with Gasteiger partial charge in [-0.05, 0) is 35.9 Å². The average molecular weight is 378 g/mol. The van der Waals surface area contributed by atoms with E-state index in [-0.39, 0.29) is 5.97 Å². The summed E-state index contributed by atoms with van der Waals surface area (Å²) >= 11 is 13.7. The van der Waals surface area contributed by atoms with Gasteiger partial charge < -0.3 is 4.74 Å². The Labute approximate surface area is 153 Å². The number of nitrogens with zero attached hydrogens (tertiary/aromatic N) is 1. The Balaban J connectivity index is 1.77. The minimum Gasteiger partial charge on any atom is -0.465 e. The topological polar surface area (TPSA) is 39.2 Å². The van der Waals surface area contributed by atoms with E-state index in [1.807, 2.05) is 29.6 Å². The van der Waals surface area contributed by atoms with Gasteiger partial charge in [0.1, 0.15) is 0 Å². The van der Waals surface area contributed by atoms with Crippen LogP contribution in [0.5, 0.6) is 0 Å². The van der Waals surface area contributed by atoms with Gasteiger partial charge in [-0.25, -0.2) is 9.78 Å². The number of carbonyl (C=O) groups is 1. The van der Waals surface area contributed by atoms with Crippen LogP contribution in [0.3, 0.4) is 0 Å². The maximum atomic E-state index is 11.4. The summed E-state index contributed by atoms with van der Waals surface area (Å²) in [6.45, 7) is 0. The van der Waals surface area contributed by atoms with Crippen LogP contribution in [0.15, 0.2) is 47.8 Å². The molecule has 2 aromatic carbocycles. The zero-order valence-corrected chi connectivity index (χ0v) is 15.1. The molecule has 0 amide bonds. The minimum absolute atomic E-state index is 0.337. The lowest BCUT2D eigenvalue weighted by molar-refractivity contribution is 0.0600. The van der Waals surface area contributed by atoms with Crippen LogP contribution in [-0.2, 0) is 11.2 Å². The molecule has 0 fully saturated rings. The highest BCUT2D eigenvalue weighted by Gasteiger charge is 2.09. The summed E-state index contributed by atoms with van der Waals surface area (Å²) in [5.41, 5.74) is 3.36. The summed E-state index contributed by atoms with van der Waals surface area (Å²) in [6, 6.07) is 12.7. The normalized spacial score (nSPS) is 10.6. The molecule has 24 heavy (non-hydrogen) atoms. The zero-order valence-electron chi connectivity index (χ0n) is 12.8. The third kappa shape index (κ3) is 3.96. The number of methoxy groups -OCH3 is 1. The summed E-state index contributed by atoms with van der Waals surface area (Å²) in [7, 11) is 1.37. The van der Waals surface area contributed by atoms with Crippen molar-refractivity contribution < 1.29 is 9.53 Å². The standard InChI is InChI=1S/C18H13Cl2NO2S/c1-23-18(22)12-4-2-11(3-5-12)6-17-21-16(10-24-17)13-7-14(19)9-15(20)8-13/h2-5,7-10H,6H2,1H3. The van der Waals surface area contributed by atoms with E-state index in [0.717, 1.165) is 21.8 Å². The smallest absolute Gasteiger partial charge is 0.337 e. The van der Waals surface area contributed by atoms with Crippen molar-refractivity contribution in [2.45, 2.75) is 6.42 Å². The molecule has 0 atom stereocenters. The Morgan fingerprint density at radius 1 is 1.12 bits per heavy atom. The second-order valence-corrected chi connectivity index (χ2v) is 6.97. The number of halogens is 2. The third-order valence-corrected chi connectivity index (χ3v) is 4.73. The third-order valence-electron chi connectivity index (χ3n) is 3.44. The quantitative estimate of drug-likeness (QED) is 0.563. The van der Waals surface area contributed by atoms with Gasteiger partial charge in [-0.2, -0.15) is 0 Å². The average Bonchev–Trinajstić information content (AvgIpc) is 3.02. The summed E-state index contributed by atoms with van der Waals surface area (Å²) in [5.74, 6) is -0.337. The summed E-state index contributed by atoms with van der Waals surface area (Å²) in [4.78, 5) is 16.1. The van der Waals surface area contributed by atoms with Crippen LogP contribution < -0.4 is 0 Å². The Morgan fingerprint density at radius 2 is 1.79 bits per heavy atom. The molecule has 0 saturated carbocycles. The first kappa shape index (κ1) is 17.0. The van der Waals surface area contributed by atoms with Crippen LogP contribution in [0.25, 0.3) is 11.3 Å². The maximum Gasteiger partial charge on any atom is 0.337 e. The van der Waals surface area contributed by atoms with Gasteiger partial charge in [-0.3, -0.25) is 0 Å². The molecule has 0 radical (unpaired) electrons. The minimum atomic E-state index is -0.337. The zero-order chi connectivity index (χ0) is 17.1.